The first-order valence-corrected chi connectivity index (χ1v) is 8.01. The number of aryl methyl sites for hydroxylation is 2. The summed E-state index contributed by atoms with van der Waals surface area (Å²) in [5.74, 6) is 0.823. The van der Waals surface area contributed by atoms with Gasteiger partial charge in [0.15, 0.2) is 0 Å². The molecule has 2 N–H and O–H groups in total. The molecular formula is C17H28N2O3. The normalized spacial score (nSPS) is 18.4. The highest BCUT2D eigenvalue weighted by Gasteiger charge is 2.19. The van der Waals surface area contributed by atoms with Crippen LogP contribution < -0.4 is 4.74 Å². The fourth-order valence-electron chi connectivity index (χ4n) is 2.90. The Morgan fingerprint density at radius 1 is 1.05 bits per heavy atom. The molecule has 1 aliphatic heterocycles. The van der Waals surface area contributed by atoms with E-state index in [1.54, 1.807) is 0 Å². The van der Waals surface area contributed by atoms with Gasteiger partial charge in [0.1, 0.15) is 18.5 Å². The van der Waals surface area contributed by atoms with E-state index in [0.717, 1.165) is 38.5 Å². The van der Waals surface area contributed by atoms with Gasteiger partial charge < -0.3 is 14.9 Å². The Kier molecular flexibility index (Phi) is 6.64. The van der Waals surface area contributed by atoms with E-state index in [4.69, 9.17) is 9.84 Å². The number of nitrogens with zero attached hydrogens (tertiary/aromatic N) is 2. The van der Waals surface area contributed by atoms with Crippen LogP contribution in [0.15, 0.2) is 18.2 Å². The highest BCUT2D eigenvalue weighted by atomic mass is 16.5. The number of ether oxygens (including phenoxy) is 1. The predicted octanol–water partition coefficient (Wildman–Crippen LogP) is 0.653. The van der Waals surface area contributed by atoms with E-state index in [2.05, 4.69) is 15.9 Å². The molecule has 124 valence electrons. The van der Waals surface area contributed by atoms with Crippen molar-refractivity contribution in [2.75, 3.05) is 52.5 Å². The molecule has 1 fully saturated rings. The molecule has 1 heterocycles. The summed E-state index contributed by atoms with van der Waals surface area (Å²) in [5, 5.41) is 19.1. The van der Waals surface area contributed by atoms with Gasteiger partial charge in [-0.15, -0.1) is 0 Å². The number of rotatable bonds is 7. The molecule has 0 amide bonds. The Morgan fingerprint density at radius 3 is 2.23 bits per heavy atom. The zero-order valence-corrected chi connectivity index (χ0v) is 13.7. The number of aliphatic hydroxyl groups is 2. The molecule has 0 spiro atoms. The van der Waals surface area contributed by atoms with E-state index < -0.39 is 6.10 Å². The van der Waals surface area contributed by atoms with E-state index in [1.165, 1.54) is 11.1 Å². The highest BCUT2D eigenvalue weighted by molar-refractivity contribution is 5.32. The molecule has 0 bridgehead atoms. The van der Waals surface area contributed by atoms with Gasteiger partial charge in [-0.25, -0.2) is 0 Å². The first kappa shape index (κ1) is 17.2. The lowest BCUT2D eigenvalue weighted by molar-refractivity contribution is 0.0428. The molecule has 1 aliphatic rings. The van der Waals surface area contributed by atoms with Crippen molar-refractivity contribution in [3.8, 4) is 5.75 Å². The second-order valence-corrected chi connectivity index (χ2v) is 6.15. The quantitative estimate of drug-likeness (QED) is 0.775. The highest BCUT2D eigenvalue weighted by Crippen LogP contribution is 2.16. The molecule has 1 aromatic carbocycles. The number of aliphatic hydroxyl groups excluding tert-OH is 2. The third kappa shape index (κ3) is 5.57. The van der Waals surface area contributed by atoms with Crippen LogP contribution >= 0.6 is 0 Å². The lowest BCUT2D eigenvalue weighted by Crippen LogP contribution is -2.49. The Bertz CT molecular complexity index is 439. The van der Waals surface area contributed by atoms with E-state index in [1.807, 2.05) is 26.0 Å². The maximum Gasteiger partial charge on any atom is 0.119 e. The Balaban J connectivity index is 1.71. The summed E-state index contributed by atoms with van der Waals surface area (Å²) >= 11 is 0. The number of hydrogen-bond donors (Lipinski definition) is 2. The average molecular weight is 308 g/mol. The summed E-state index contributed by atoms with van der Waals surface area (Å²) < 4.78 is 5.71. The summed E-state index contributed by atoms with van der Waals surface area (Å²) in [7, 11) is 0. The van der Waals surface area contributed by atoms with Gasteiger partial charge in [0, 0.05) is 39.3 Å². The van der Waals surface area contributed by atoms with Crippen molar-refractivity contribution in [3.05, 3.63) is 29.3 Å². The number of benzene rings is 1. The van der Waals surface area contributed by atoms with Gasteiger partial charge in [0.2, 0.25) is 0 Å². The molecule has 0 radical (unpaired) electrons. The Labute approximate surface area is 133 Å². The van der Waals surface area contributed by atoms with Crippen molar-refractivity contribution < 1.29 is 14.9 Å². The van der Waals surface area contributed by atoms with E-state index >= 15 is 0 Å². The molecule has 0 aromatic heterocycles. The standard InChI is InChI=1S/C17H28N2O3/c1-14-9-15(2)11-17(10-14)22-13-16(21)12-19-5-3-18(4-6-19)7-8-20/h9-11,16,20-21H,3-8,12-13H2,1-2H3/t16-/m0/s1. The largest absolute Gasteiger partial charge is 0.491 e. The molecular weight excluding hydrogens is 280 g/mol. The van der Waals surface area contributed by atoms with Crippen LogP contribution in [0.2, 0.25) is 0 Å². The van der Waals surface area contributed by atoms with Crippen molar-refractivity contribution in [1.82, 2.24) is 9.80 Å². The molecule has 0 aliphatic carbocycles. The molecule has 2 rings (SSSR count). The third-order valence-electron chi connectivity index (χ3n) is 3.99. The van der Waals surface area contributed by atoms with Crippen LogP contribution in [0.4, 0.5) is 0 Å². The van der Waals surface area contributed by atoms with Gasteiger partial charge >= 0.3 is 0 Å². The van der Waals surface area contributed by atoms with Crippen molar-refractivity contribution in [1.29, 1.82) is 0 Å². The lowest BCUT2D eigenvalue weighted by atomic mass is 10.1. The van der Waals surface area contributed by atoms with Crippen LogP contribution in [0.1, 0.15) is 11.1 Å². The van der Waals surface area contributed by atoms with Crippen molar-refractivity contribution in [2.45, 2.75) is 20.0 Å². The minimum Gasteiger partial charge on any atom is -0.491 e. The zero-order valence-electron chi connectivity index (χ0n) is 13.7. The molecule has 1 saturated heterocycles. The van der Waals surface area contributed by atoms with Crippen LogP contribution in [0.3, 0.4) is 0 Å². The molecule has 1 aromatic rings. The smallest absolute Gasteiger partial charge is 0.119 e. The predicted molar refractivity (Wildman–Crippen MR) is 87.4 cm³/mol. The molecule has 1 atom stereocenters. The van der Waals surface area contributed by atoms with Crippen LogP contribution in [-0.2, 0) is 0 Å². The second kappa shape index (κ2) is 8.48. The van der Waals surface area contributed by atoms with Crippen LogP contribution in [0, 0.1) is 13.8 Å². The molecule has 0 saturated carbocycles. The lowest BCUT2D eigenvalue weighted by Gasteiger charge is -2.35. The van der Waals surface area contributed by atoms with Crippen LogP contribution in [0.5, 0.6) is 5.75 Å². The van der Waals surface area contributed by atoms with Gasteiger partial charge in [-0.05, 0) is 37.1 Å². The van der Waals surface area contributed by atoms with Gasteiger partial charge in [0.05, 0.1) is 6.61 Å². The topological polar surface area (TPSA) is 56.2 Å². The summed E-state index contributed by atoms with van der Waals surface area (Å²) in [6.45, 7) is 9.76. The fourth-order valence-corrected chi connectivity index (χ4v) is 2.90. The Hall–Kier alpha value is -1.14. The van der Waals surface area contributed by atoms with Gasteiger partial charge in [-0.1, -0.05) is 6.07 Å². The first-order valence-electron chi connectivity index (χ1n) is 8.01. The monoisotopic (exact) mass is 308 g/mol. The van der Waals surface area contributed by atoms with Crippen molar-refractivity contribution in [2.24, 2.45) is 0 Å². The number of β-amino-alcohol motifs (C(OH)–C–C–N with tert-alkyl or cyclic N) is 2. The van der Waals surface area contributed by atoms with Gasteiger partial charge in [0.25, 0.3) is 0 Å². The molecule has 5 nitrogen and oxygen atoms in total. The molecule has 22 heavy (non-hydrogen) atoms. The SMILES string of the molecule is Cc1cc(C)cc(OC[C@@H](O)CN2CCN(CCO)CC2)c1. The van der Waals surface area contributed by atoms with Crippen LogP contribution in [0.25, 0.3) is 0 Å². The summed E-state index contributed by atoms with van der Waals surface area (Å²) in [6.07, 6.45) is -0.481. The third-order valence-corrected chi connectivity index (χ3v) is 3.99. The molecule has 5 heteroatoms. The van der Waals surface area contributed by atoms with E-state index in [0.29, 0.717) is 13.2 Å². The fraction of sp³-hybridized carbons (Fsp3) is 0.647. The van der Waals surface area contributed by atoms with E-state index in [-0.39, 0.29) is 6.61 Å². The number of hydrogen-bond acceptors (Lipinski definition) is 5. The summed E-state index contributed by atoms with van der Waals surface area (Å²) in [4.78, 5) is 4.50. The first-order chi connectivity index (χ1) is 10.6. The second-order valence-electron chi connectivity index (χ2n) is 6.15. The number of piperazine rings is 1. The van der Waals surface area contributed by atoms with E-state index in [9.17, 15) is 5.11 Å². The summed E-state index contributed by atoms with van der Waals surface area (Å²) in [5.41, 5.74) is 2.34. The maximum absolute atomic E-state index is 10.2. The van der Waals surface area contributed by atoms with Crippen molar-refractivity contribution >= 4 is 0 Å². The molecule has 0 unspecified atom stereocenters. The van der Waals surface area contributed by atoms with Gasteiger partial charge in [-0.3, -0.25) is 9.80 Å². The zero-order chi connectivity index (χ0) is 15.9. The van der Waals surface area contributed by atoms with Crippen molar-refractivity contribution in [3.63, 3.8) is 0 Å². The van der Waals surface area contributed by atoms with Crippen LogP contribution in [-0.4, -0.2) is 78.6 Å². The maximum atomic E-state index is 10.2. The minimum atomic E-state index is -0.481. The summed E-state index contributed by atoms with van der Waals surface area (Å²) in [6, 6.07) is 6.09. The Morgan fingerprint density at radius 2 is 1.64 bits per heavy atom. The van der Waals surface area contributed by atoms with Gasteiger partial charge in [-0.2, -0.15) is 0 Å². The average Bonchev–Trinajstić information content (AvgIpc) is 2.47. The minimum absolute atomic E-state index is 0.215.